The third kappa shape index (κ3) is 10.4. The summed E-state index contributed by atoms with van der Waals surface area (Å²) in [4.78, 5) is 88.7. The zero-order valence-corrected chi connectivity index (χ0v) is 39.0. The zero-order valence-electron chi connectivity index (χ0n) is 38.2. The van der Waals surface area contributed by atoms with E-state index in [4.69, 9.17) is 21.1 Å². The maximum atomic E-state index is 14.1. The minimum atomic E-state index is -0.998. The smallest absolute Gasteiger partial charge is 0.262 e. The molecule has 9 rings (SSSR count). The molecule has 3 saturated heterocycles. The average Bonchev–Trinajstić information content (AvgIpc) is 3.59. The van der Waals surface area contributed by atoms with Crippen molar-refractivity contribution in [2.45, 2.75) is 82.8 Å². The Labute approximate surface area is 399 Å². The summed E-state index contributed by atoms with van der Waals surface area (Å²) in [6.07, 6.45) is 7.08. The number of piperidine rings is 2. The van der Waals surface area contributed by atoms with Crippen LogP contribution in [0.2, 0.25) is 5.02 Å². The van der Waals surface area contributed by atoms with E-state index >= 15 is 0 Å². The Bertz CT molecular complexity index is 2590. The van der Waals surface area contributed by atoms with Crippen LogP contribution in [0.25, 0.3) is 10.9 Å². The fourth-order valence-electron chi connectivity index (χ4n) is 10.5. The second-order valence-electron chi connectivity index (χ2n) is 18.7. The molecular weight excluding hydrogens is 893 g/mol. The van der Waals surface area contributed by atoms with Gasteiger partial charge in [-0.3, -0.25) is 48.9 Å². The van der Waals surface area contributed by atoms with Crippen molar-refractivity contribution in [3.8, 4) is 5.75 Å². The third-order valence-electron chi connectivity index (χ3n) is 14.5. The zero-order chi connectivity index (χ0) is 47.5. The minimum absolute atomic E-state index is 0.0402. The Kier molecular flexibility index (Phi) is 14.4. The number of hydrogen-bond acceptors (Lipinski definition) is 11. The number of rotatable bonds is 14. The van der Waals surface area contributed by atoms with Crippen LogP contribution in [-0.4, -0.2) is 126 Å². The first kappa shape index (κ1) is 47.1. The molecule has 0 radical (unpaired) electrons. The van der Waals surface area contributed by atoms with E-state index in [2.05, 4.69) is 25.4 Å². The summed E-state index contributed by atoms with van der Waals surface area (Å²) in [5, 5.41) is 6.62. The lowest BCUT2D eigenvalue weighted by Crippen LogP contribution is -2.54. The summed E-state index contributed by atoms with van der Waals surface area (Å²) in [7, 11) is 0. The number of nitrogens with zero attached hydrogens (tertiary/aromatic N) is 5. The molecule has 2 N–H and O–H groups in total. The topological polar surface area (TPSA) is 171 Å². The van der Waals surface area contributed by atoms with Gasteiger partial charge in [0.05, 0.1) is 41.3 Å². The second-order valence-corrected chi connectivity index (χ2v) is 19.1. The highest BCUT2D eigenvalue weighted by molar-refractivity contribution is 6.32. The molecule has 3 aromatic carbocycles. The van der Waals surface area contributed by atoms with E-state index in [9.17, 15) is 33.2 Å². The predicted octanol–water partition coefficient (Wildman–Crippen LogP) is 6.58. The molecular formula is C51H57ClFN7O8. The van der Waals surface area contributed by atoms with Gasteiger partial charge in [0.2, 0.25) is 23.6 Å². The van der Waals surface area contributed by atoms with Crippen molar-refractivity contribution in [1.82, 2.24) is 25.0 Å². The fourth-order valence-corrected chi connectivity index (χ4v) is 10.6. The first-order chi connectivity index (χ1) is 32.9. The summed E-state index contributed by atoms with van der Waals surface area (Å²) in [5.74, 6) is -1.53. The van der Waals surface area contributed by atoms with Crippen LogP contribution in [-0.2, 0) is 23.9 Å². The number of fused-ring (bicyclic) bond motifs is 2. The molecule has 4 aliphatic heterocycles. The largest absolute Gasteiger partial charge is 0.489 e. The van der Waals surface area contributed by atoms with E-state index in [-0.39, 0.29) is 66.0 Å². The van der Waals surface area contributed by atoms with Crippen molar-refractivity contribution >= 4 is 69.3 Å². The van der Waals surface area contributed by atoms with Gasteiger partial charge in [-0.2, -0.15) is 0 Å². The molecule has 6 amide bonds. The quantitative estimate of drug-likeness (QED) is 0.104. The molecule has 1 aliphatic carbocycles. The van der Waals surface area contributed by atoms with E-state index < -0.39 is 29.7 Å². The number of carbonyl (C=O) groups excluding carboxylic acids is 6. The number of halogens is 2. The highest BCUT2D eigenvalue weighted by atomic mass is 35.5. The van der Waals surface area contributed by atoms with Crippen molar-refractivity contribution < 1.29 is 42.6 Å². The molecule has 0 spiro atoms. The van der Waals surface area contributed by atoms with Gasteiger partial charge in [-0.05, 0) is 104 Å². The lowest BCUT2D eigenvalue weighted by Gasteiger charge is -2.36. The van der Waals surface area contributed by atoms with Gasteiger partial charge in [-0.15, -0.1) is 0 Å². The highest BCUT2D eigenvalue weighted by Crippen LogP contribution is 2.41. The Morgan fingerprint density at radius 1 is 0.853 bits per heavy atom. The summed E-state index contributed by atoms with van der Waals surface area (Å²) >= 11 is 6.56. The van der Waals surface area contributed by atoms with Crippen LogP contribution in [0, 0.1) is 17.7 Å². The number of pyridine rings is 1. The van der Waals surface area contributed by atoms with Gasteiger partial charge in [0, 0.05) is 100 Å². The molecule has 15 nitrogen and oxygen atoms in total. The van der Waals surface area contributed by atoms with E-state index in [1.807, 2.05) is 24.0 Å². The van der Waals surface area contributed by atoms with E-state index in [0.717, 1.165) is 65.8 Å². The first-order valence-electron chi connectivity index (χ1n) is 23.9. The van der Waals surface area contributed by atoms with E-state index in [1.54, 1.807) is 48.7 Å². The van der Waals surface area contributed by atoms with E-state index in [0.29, 0.717) is 81.2 Å². The van der Waals surface area contributed by atoms with Crippen molar-refractivity contribution in [1.29, 1.82) is 0 Å². The molecule has 4 aromatic rings. The second kappa shape index (κ2) is 20.7. The Morgan fingerprint density at radius 2 is 1.62 bits per heavy atom. The number of imide groups is 2. The number of amides is 6. The summed E-state index contributed by atoms with van der Waals surface area (Å²) < 4.78 is 26.3. The van der Waals surface area contributed by atoms with Gasteiger partial charge in [0.25, 0.3) is 11.8 Å². The van der Waals surface area contributed by atoms with Crippen LogP contribution >= 0.6 is 11.6 Å². The Morgan fingerprint density at radius 3 is 2.38 bits per heavy atom. The van der Waals surface area contributed by atoms with Crippen molar-refractivity contribution in [2.24, 2.45) is 11.8 Å². The van der Waals surface area contributed by atoms with Crippen LogP contribution in [0.1, 0.15) is 96.9 Å². The van der Waals surface area contributed by atoms with Gasteiger partial charge < -0.3 is 24.6 Å². The SMILES string of the molecule is C[C@@H](C(=O)Nc1ccc(Cl)c(OC2CCN(C(=O)CCOCCN3CCN(c4ccc5c(c4)C(=O)N(C4CCC(=O)NC4=O)C5=O)CC3)CC2)c1)[C@H]1CC[C@@H](c2ccnc3ccc(F)cc32)CC1. The summed E-state index contributed by atoms with van der Waals surface area (Å²) in [5.41, 5.74) is 3.89. The summed E-state index contributed by atoms with van der Waals surface area (Å²) in [6, 6.07) is 16.2. The fraction of sp³-hybridized carbons (Fsp3) is 0.471. The number of likely N-dealkylation sites (tertiary alicyclic amines) is 1. The lowest BCUT2D eigenvalue weighted by molar-refractivity contribution is -0.136. The van der Waals surface area contributed by atoms with E-state index in [1.165, 1.54) is 6.07 Å². The van der Waals surface area contributed by atoms with Gasteiger partial charge in [-0.1, -0.05) is 18.5 Å². The van der Waals surface area contributed by atoms with Crippen molar-refractivity contribution in [2.75, 3.05) is 69.2 Å². The Hall–Kier alpha value is -5.97. The molecule has 1 unspecified atom stereocenters. The third-order valence-corrected chi connectivity index (χ3v) is 14.8. The van der Waals surface area contributed by atoms with Crippen LogP contribution in [0.4, 0.5) is 15.8 Å². The first-order valence-corrected chi connectivity index (χ1v) is 24.3. The molecule has 5 heterocycles. The van der Waals surface area contributed by atoms with Crippen LogP contribution in [0.3, 0.4) is 0 Å². The molecule has 17 heteroatoms. The van der Waals surface area contributed by atoms with Gasteiger partial charge >= 0.3 is 0 Å². The standard InChI is InChI=1S/C51H57ClFN7O8/c1-31(32-2-4-33(5-3-32)38-14-18-54-43-11-6-34(53)28-40(38)43)48(63)55-35-7-10-42(52)45(29-35)68-37-15-19-59(20-16-37)47(62)17-26-67-27-25-57-21-23-58(24-22-57)36-8-9-39-41(30-36)51(66)60(50(39)65)44-12-13-46(61)56-49(44)64/h6-11,14,18,28-33,37,44H,2-5,12-13,15-17,19-27H2,1H3,(H,55,63)(H,56,61,64)/t31-,32-,33+,44?/m1/s1. The molecule has 1 aromatic heterocycles. The molecule has 4 fully saturated rings. The number of nitrogens with one attached hydrogen (secondary N) is 2. The lowest BCUT2D eigenvalue weighted by atomic mass is 9.73. The number of aromatic nitrogens is 1. The molecule has 68 heavy (non-hydrogen) atoms. The van der Waals surface area contributed by atoms with Gasteiger partial charge in [0.1, 0.15) is 23.7 Å². The number of hydrogen-bond donors (Lipinski definition) is 2. The minimum Gasteiger partial charge on any atom is -0.489 e. The normalized spacial score (nSPS) is 22.0. The van der Waals surface area contributed by atoms with Crippen LogP contribution < -0.4 is 20.3 Å². The van der Waals surface area contributed by atoms with Gasteiger partial charge in [-0.25, -0.2) is 4.39 Å². The molecule has 1 saturated carbocycles. The highest BCUT2D eigenvalue weighted by Gasteiger charge is 2.45. The number of benzene rings is 3. The average molecular weight is 951 g/mol. The van der Waals surface area contributed by atoms with Gasteiger partial charge in [0.15, 0.2) is 0 Å². The van der Waals surface area contributed by atoms with Crippen LogP contribution in [0.5, 0.6) is 5.75 Å². The Balaban J connectivity index is 0.656. The maximum Gasteiger partial charge on any atom is 0.262 e. The number of piperazine rings is 1. The maximum absolute atomic E-state index is 14.1. The molecule has 2 atom stereocenters. The predicted molar refractivity (Wildman–Crippen MR) is 253 cm³/mol. The van der Waals surface area contributed by atoms with Crippen LogP contribution in [0.15, 0.2) is 66.9 Å². The number of ether oxygens (including phenoxy) is 2. The molecule has 5 aliphatic rings. The summed E-state index contributed by atoms with van der Waals surface area (Å²) in [6.45, 7) is 7.60. The molecule has 0 bridgehead atoms. The number of carbonyl (C=O) groups is 6. The van der Waals surface area contributed by atoms with Crippen molar-refractivity contribution in [3.63, 3.8) is 0 Å². The molecule has 358 valence electrons. The monoisotopic (exact) mass is 949 g/mol. The number of anilines is 2. The van der Waals surface area contributed by atoms with Crippen molar-refractivity contribution in [3.05, 3.63) is 94.4 Å².